The van der Waals surface area contributed by atoms with E-state index in [1.54, 1.807) is 6.92 Å². The van der Waals surface area contributed by atoms with Crippen LogP contribution < -0.4 is 5.32 Å². The highest BCUT2D eigenvalue weighted by atomic mass is 16.1. The first kappa shape index (κ1) is 18.6. The van der Waals surface area contributed by atoms with Crippen LogP contribution in [-0.4, -0.2) is 11.8 Å². The zero-order chi connectivity index (χ0) is 19.7. The van der Waals surface area contributed by atoms with Gasteiger partial charge in [-0.15, -0.1) is 0 Å². The summed E-state index contributed by atoms with van der Waals surface area (Å²) in [6.07, 6.45) is 0.814. The van der Waals surface area contributed by atoms with Gasteiger partial charge in [0, 0.05) is 0 Å². The molecule has 0 saturated heterocycles. The molecule has 0 bridgehead atoms. The van der Waals surface area contributed by atoms with Gasteiger partial charge in [-0.3, -0.25) is 10.1 Å². The SMILES string of the molecule is CC(=O)[C@H](CC(C)C)NC1(c2ccccc2)c2ccccc2-c2ccccc21. The van der Waals surface area contributed by atoms with Gasteiger partial charge >= 0.3 is 0 Å². The van der Waals surface area contributed by atoms with Crippen molar-refractivity contribution in [2.75, 3.05) is 0 Å². The summed E-state index contributed by atoms with van der Waals surface area (Å²) in [4.78, 5) is 12.6. The quantitative estimate of drug-likeness (QED) is 0.617. The maximum atomic E-state index is 12.6. The third-order valence-corrected chi connectivity index (χ3v) is 5.75. The molecule has 0 unspecified atom stereocenters. The Morgan fingerprint density at radius 1 is 0.821 bits per heavy atom. The number of rotatable bonds is 6. The molecule has 142 valence electrons. The van der Waals surface area contributed by atoms with E-state index in [0.29, 0.717) is 5.92 Å². The molecule has 0 aromatic heterocycles. The fourth-order valence-electron chi connectivity index (χ4n) is 4.53. The Morgan fingerprint density at radius 2 is 1.32 bits per heavy atom. The number of benzene rings is 3. The summed E-state index contributed by atoms with van der Waals surface area (Å²) in [6.45, 7) is 6.04. The van der Waals surface area contributed by atoms with Crippen molar-refractivity contribution in [1.82, 2.24) is 5.32 Å². The third kappa shape index (κ3) is 2.98. The molecule has 1 aliphatic rings. The lowest BCUT2D eigenvalue weighted by Crippen LogP contribution is -2.51. The standard InChI is InChI=1S/C26H27NO/c1-18(2)17-25(19(3)28)27-26(20-11-5-4-6-12-20)23-15-9-7-13-21(23)22-14-8-10-16-24(22)26/h4-16,18,25,27H,17H2,1-3H3/t25-/m0/s1. The lowest BCUT2D eigenvalue weighted by molar-refractivity contribution is -0.119. The zero-order valence-electron chi connectivity index (χ0n) is 16.8. The molecule has 2 heteroatoms. The Hall–Kier alpha value is -2.71. The molecule has 0 aliphatic heterocycles. The Morgan fingerprint density at radius 3 is 1.82 bits per heavy atom. The van der Waals surface area contributed by atoms with E-state index in [1.165, 1.54) is 27.8 Å². The van der Waals surface area contributed by atoms with Crippen LogP contribution >= 0.6 is 0 Å². The Bertz CT molecular complexity index is 945. The molecule has 28 heavy (non-hydrogen) atoms. The maximum Gasteiger partial charge on any atom is 0.146 e. The number of carbonyl (C=O) groups excluding carboxylic acids is 1. The Balaban J connectivity index is 1.99. The largest absolute Gasteiger partial charge is 0.298 e. The molecule has 1 aliphatic carbocycles. The van der Waals surface area contributed by atoms with Gasteiger partial charge in [0.2, 0.25) is 0 Å². The van der Waals surface area contributed by atoms with Gasteiger partial charge in [0.15, 0.2) is 0 Å². The fourth-order valence-corrected chi connectivity index (χ4v) is 4.53. The average Bonchev–Trinajstić information content (AvgIpc) is 2.99. The molecule has 3 aromatic carbocycles. The highest BCUT2D eigenvalue weighted by Crippen LogP contribution is 2.51. The van der Waals surface area contributed by atoms with Crippen LogP contribution in [-0.2, 0) is 10.3 Å². The number of carbonyl (C=O) groups is 1. The van der Waals surface area contributed by atoms with Crippen molar-refractivity contribution in [3.63, 3.8) is 0 Å². The fraction of sp³-hybridized carbons (Fsp3) is 0.269. The molecule has 0 amide bonds. The molecule has 0 saturated carbocycles. The van der Waals surface area contributed by atoms with Gasteiger partial charge in [-0.05, 0) is 47.1 Å². The molecule has 0 radical (unpaired) electrons. The predicted octanol–water partition coefficient (Wildman–Crippen LogP) is 5.55. The average molecular weight is 370 g/mol. The minimum absolute atomic E-state index is 0.186. The van der Waals surface area contributed by atoms with E-state index < -0.39 is 5.54 Å². The molecule has 0 fully saturated rings. The van der Waals surface area contributed by atoms with Gasteiger partial charge in [0.25, 0.3) is 0 Å². The first-order valence-corrected chi connectivity index (χ1v) is 10.1. The maximum absolute atomic E-state index is 12.6. The Labute approximate surface area is 167 Å². The van der Waals surface area contributed by atoms with E-state index >= 15 is 0 Å². The van der Waals surface area contributed by atoms with Crippen LogP contribution in [0.25, 0.3) is 11.1 Å². The number of fused-ring (bicyclic) bond motifs is 3. The molecule has 3 aromatic rings. The first-order chi connectivity index (χ1) is 13.5. The molecular formula is C26H27NO. The van der Waals surface area contributed by atoms with Crippen LogP contribution in [0.4, 0.5) is 0 Å². The zero-order valence-corrected chi connectivity index (χ0v) is 16.8. The number of nitrogens with one attached hydrogen (secondary N) is 1. The van der Waals surface area contributed by atoms with Gasteiger partial charge < -0.3 is 0 Å². The smallest absolute Gasteiger partial charge is 0.146 e. The van der Waals surface area contributed by atoms with Crippen LogP contribution in [0.1, 0.15) is 43.9 Å². The van der Waals surface area contributed by atoms with Crippen LogP contribution in [0.2, 0.25) is 0 Å². The van der Waals surface area contributed by atoms with Gasteiger partial charge in [0.1, 0.15) is 5.78 Å². The van der Waals surface area contributed by atoms with E-state index in [1.807, 2.05) is 6.07 Å². The van der Waals surface area contributed by atoms with Crippen LogP contribution in [0, 0.1) is 5.92 Å². The highest BCUT2D eigenvalue weighted by molar-refractivity contribution is 5.85. The van der Waals surface area contributed by atoms with E-state index in [9.17, 15) is 4.79 Å². The molecule has 0 heterocycles. The monoisotopic (exact) mass is 369 g/mol. The summed E-state index contributed by atoms with van der Waals surface area (Å²) in [5, 5.41) is 3.84. The van der Waals surface area contributed by atoms with E-state index in [2.05, 4.69) is 92.0 Å². The Kier molecular flexibility index (Phi) is 4.91. The van der Waals surface area contributed by atoms with Gasteiger partial charge in [0.05, 0.1) is 11.6 Å². The van der Waals surface area contributed by atoms with Crippen molar-refractivity contribution in [2.24, 2.45) is 5.92 Å². The van der Waals surface area contributed by atoms with Crippen LogP contribution in [0.3, 0.4) is 0 Å². The second kappa shape index (κ2) is 7.37. The number of Topliss-reactive ketones (excluding diaryl/α,β-unsaturated/α-hetero) is 1. The number of hydrogen-bond donors (Lipinski definition) is 1. The summed E-state index contributed by atoms with van der Waals surface area (Å²) >= 11 is 0. The molecule has 4 rings (SSSR count). The van der Waals surface area contributed by atoms with Crippen molar-refractivity contribution in [2.45, 2.75) is 38.8 Å². The summed E-state index contributed by atoms with van der Waals surface area (Å²) in [6, 6.07) is 27.4. The molecule has 1 N–H and O–H groups in total. The summed E-state index contributed by atoms with van der Waals surface area (Å²) in [7, 11) is 0. The summed E-state index contributed by atoms with van der Waals surface area (Å²) < 4.78 is 0. The van der Waals surface area contributed by atoms with Crippen molar-refractivity contribution >= 4 is 5.78 Å². The first-order valence-electron chi connectivity index (χ1n) is 10.1. The van der Waals surface area contributed by atoms with Crippen molar-refractivity contribution < 1.29 is 4.79 Å². The number of ketones is 1. The second-order valence-electron chi connectivity index (χ2n) is 8.14. The van der Waals surface area contributed by atoms with Crippen molar-refractivity contribution in [3.8, 4) is 11.1 Å². The lowest BCUT2D eigenvalue weighted by atomic mass is 9.79. The molecule has 2 nitrogen and oxygen atoms in total. The van der Waals surface area contributed by atoms with Crippen LogP contribution in [0.5, 0.6) is 0 Å². The van der Waals surface area contributed by atoms with E-state index in [0.717, 1.165) is 6.42 Å². The second-order valence-corrected chi connectivity index (χ2v) is 8.14. The van der Waals surface area contributed by atoms with Crippen molar-refractivity contribution in [3.05, 3.63) is 95.6 Å². The minimum Gasteiger partial charge on any atom is -0.298 e. The summed E-state index contributed by atoms with van der Waals surface area (Å²) in [5.74, 6) is 0.618. The lowest BCUT2D eigenvalue weighted by Gasteiger charge is -2.37. The number of hydrogen-bond acceptors (Lipinski definition) is 2. The third-order valence-electron chi connectivity index (χ3n) is 5.75. The molecule has 1 atom stereocenters. The topological polar surface area (TPSA) is 29.1 Å². The van der Waals surface area contributed by atoms with Crippen LogP contribution in [0.15, 0.2) is 78.9 Å². The van der Waals surface area contributed by atoms with E-state index in [4.69, 9.17) is 0 Å². The molecule has 0 spiro atoms. The molecular weight excluding hydrogens is 342 g/mol. The van der Waals surface area contributed by atoms with Gasteiger partial charge in [-0.25, -0.2) is 0 Å². The highest BCUT2D eigenvalue weighted by Gasteiger charge is 2.46. The summed E-state index contributed by atoms with van der Waals surface area (Å²) in [5.41, 5.74) is 5.56. The van der Waals surface area contributed by atoms with Gasteiger partial charge in [-0.2, -0.15) is 0 Å². The van der Waals surface area contributed by atoms with Crippen molar-refractivity contribution in [1.29, 1.82) is 0 Å². The normalized spacial score (nSPS) is 15.1. The predicted molar refractivity (Wildman–Crippen MR) is 115 cm³/mol. The van der Waals surface area contributed by atoms with Gasteiger partial charge in [-0.1, -0.05) is 92.7 Å². The van der Waals surface area contributed by atoms with E-state index in [-0.39, 0.29) is 11.8 Å². The minimum atomic E-state index is -0.528.